The van der Waals surface area contributed by atoms with Crippen LogP contribution in [0.2, 0.25) is 0 Å². The standard InChI is InChI=1S/C7H11NO2/c1-10-7-2-6(3-7)4-8-5-9/h6-7H,2-4H2,1H3. The summed E-state index contributed by atoms with van der Waals surface area (Å²) in [6.07, 6.45) is 4.03. The molecule has 3 heteroatoms. The molecule has 0 aliphatic heterocycles. The Hall–Kier alpha value is -0.660. The van der Waals surface area contributed by atoms with Crippen LogP contribution in [0.1, 0.15) is 12.8 Å². The molecular weight excluding hydrogens is 130 g/mol. The number of hydrogen-bond donors (Lipinski definition) is 0. The molecule has 0 bridgehead atoms. The summed E-state index contributed by atoms with van der Waals surface area (Å²) in [5.74, 6) is 0.561. The van der Waals surface area contributed by atoms with Gasteiger partial charge in [-0.1, -0.05) is 0 Å². The van der Waals surface area contributed by atoms with Gasteiger partial charge in [-0.2, -0.15) is 0 Å². The van der Waals surface area contributed by atoms with Crippen LogP contribution < -0.4 is 0 Å². The van der Waals surface area contributed by atoms with E-state index in [4.69, 9.17) is 4.74 Å². The second-order valence-corrected chi connectivity index (χ2v) is 2.63. The molecule has 56 valence electrons. The third kappa shape index (κ3) is 1.66. The number of carbonyl (C=O) groups excluding carboxylic acids is 1. The summed E-state index contributed by atoms with van der Waals surface area (Å²) in [6.45, 7) is 0.628. The first-order valence-electron chi connectivity index (χ1n) is 3.43. The fraction of sp³-hybridized carbons (Fsp3) is 0.857. The monoisotopic (exact) mass is 141 g/mol. The van der Waals surface area contributed by atoms with Gasteiger partial charge in [-0.3, -0.25) is 0 Å². The van der Waals surface area contributed by atoms with Gasteiger partial charge in [0, 0.05) is 7.11 Å². The van der Waals surface area contributed by atoms with Crippen molar-refractivity contribution in [3.05, 3.63) is 0 Å². The van der Waals surface area contributed by atoms with Gasteiger partial charge >= 0.3 is 0 Å². The summed E-state index contributed by atoms with van der Waals surface area (Å²) in [6, 6.07) is 0. The molecule has 0 amide bonds. The topological polar surface area (TPSA) is 38.7 Å². The Morgan fingerprint density at radius 1 is 1.70 bits per heavy atom. The van der Waals surface area contributed by atoms with Gasteiger partial charge in [-0.25, -0.2) is 9.79 Å². The van der Waals surface area contributed by atoms with E-state index in [0.29, 0.717) is 18.6 Å². The number of methoxy groups -OCH3 is 1. The van der Waals surface area contributed by atoms with Crippen LogP contribution in [0, 0.1) is 5.92 Å². The minimum atomic E-state index is 0.409. The van der Waals surface area contributed by atoms with E-state index in [1.807, 2.05) is 0 Å². The van der Waals surface area contributed by atoms with Gasteiger partial charge in [0.1, 0.15) is 0 Å². The Morgan fingerprint density at radius 2 is 2.40 bits per heavy atom. The zero-order valence-electron chi connectivity index (χ0n) is 6.04. The largest absolute Gasteiger partial charge is 0.381 e. The van der Waals surface area contributed by atoms with Gasteiger partial charge in [-0.15, -0.1) is 0 Å². The van der Waals surface area contributed by atoms with Crippen LogP contribution in [0.4, 0.5) is 0 Å². The summed E-state index contributed by atoms with van der Waals surface area (Å²) in [7, 11) is 1.71. The van der Waals surface area contributed by atoms with Gasteiger partial charge in [0.25, 0.3) is 0 Å². The lowest BCUT2D eigenvalue weighted by atomic mass is 9.82. The molecule has 1 saturated carbocycles. The molecule has 0 atom stereocenters. The smallest absolute Gasteiger partial charge is 0.234 e. The van der Waals surface area contributed by atoms with Crippen LogP contribution in [0.5, 0.6) is 0 Å². The Labute approximate surface area is 60.1 Å². The number of hydrogen-bond acceptors (Lipinski definition) is 3. The van der Waals surface area contributed by atoms with E-state index in [0.717, 1.165) is 12.8 Å². The highest BCUT2D eigenvalue weighted by molar-refractivity contribution is 5.32. The predicted octanol–water partition coefficient (Wildman–Crippen LogP) is 0.747. The van der Waals surface area contributed by atoms with E-state index >= 15 is 0 Å². The van der Waals surface area contributed by atoms with E-state index in [9.17, 15) is 4.79 Å². The first-order valence-corrected chi connectivity index (χ1v) is 3.43. The lowest BCUT2D eigenvalue weighted by Crippen LogP contribution is -2.31. The van der Waals surface area contributed by atoms with Crippen molar-refractivity contribution >= 4 is 6.08 Å². The van der Waals surface area contributed by atoms with Gasteiger partial charge in [0.15, 0.2) is 0 Å². The van der Waals surface area contributed by atoms with E-state index in [-0.39, 0.29) is 0 Å². The molecule has 0 heterocycles. The minimum Gasteiger partial charge on any atom is -0.381 e. The van der Waals surface area contributed by atoms with E-state index < -0.39 is 0 Å². The van der Waals surface area contributed by atoms with Crippen LogP contribution in [-0.4, -0.2) is 25.8 Å². The molecule has 0 aromatic rings. The van der Waals surface area contributed by atoms with E-state index in [1.165, 1.54) is 6.08 Å². The highest BCUT2D eigenvalue weighted by Gasteiger charge is 2.28. The first-order chi connectivity index (χ1) is 4.86. The van der Waals surface area contributed by atoms with Crippen LogP contribution in [0.25, 0.3) is 0 Å². The van der Waals surface area contributed by atoms with E-state index in [2.05, 4.69) is 4.99 Å². The SMILES string of the molecule is COC1CC(CN=C=O)C1. The number of isocyanates is 1. The molecule has 0 N–H and O–H groups in total. The molecule has 0 radical (unpaired) electrons. The van der Waals surface area contributed by atoms with Gasteiger partial charge in [-0.05, 0) is 18.8 Å². The van der Waals surface area contributed by atoms with Crippen molar-refractivity contribution in [3.8, 4) is 0 Å². The number of nitrogens with zero attached hydrogens (tertiary/aromatic N) is 1. The molecule has 1 aliphatic rings. The Kier molecular flexibility index (Phi) is 2.60. The van der Waals surface area contributed by atoms with Crippen molar-refractivity contribution in [2.24, 2.45) is 10.9 Å². The van der Waals surface area contributed by atoms with Crippen LogP contribution in [-0.2, 0) is 9.53 Å². The lowest BCUT2D eigenvalue weighted by molar-refractivity contribution is 0.00448. The average molecular weight is 141 g/mol. The third-order valence-electron chi connectivity index (χ3n) is 1.94. The quantitative estimate of drug-likeness (QED) is 0.429. The fourth-order valence-corrected chi connectivity index (χ4v) is 1.18. The van der Waals surface area contributed by atoms with Gasteiger partial charge in [0.2, 0.25) is 6.08 Å². The zero-order valence-corrected chi connectivity index (χ0v) is 6.04. The molecule has 3 nitrogen and oxygen atoms in total. The number of ether oxygens (including phenoxy) is 1. The fourth-order valence-electron chi connectivity index (χ4n) is 1.18. The van der Waals surface area contributed by atoms with Crippen LogP contribution >= 0.6 is 0 Å². The summed E-state index contributed by atoms with van der Waals surface area (Å²) >= 11 is 0. The van der Waals surface area contributed by atoms with Crippen LogP contribution in [0.15, 0.2) is 4.99 Å². The maximum absolute atomic E-state index is 9.68. The highest BCUT2D eigenvalue weighted by atomic mass is 16.5. The molecule has 1 aliphatic carbocycles. The predicted molar refractivity (Wildman–Crippen MR) is 36.5 cm³/mol. The molecule has 0 unspecified atom stereocenters. The lowest BCUT2D eigenvalue weighted by Gasteiger charge is -2.32. The second-order valence-electron chi connectivity index (χ2n) is 2.63. The summed E-state index contributed by atoms with van der Waals surface area (Å²) in [5, 5.41) is 0. The molecule has 10 heavy (non-hydrogen) atoms. The van der Waals surface area contributed by atoms with Gasteiger partial charge in [0.05, 0.1) is 12.6 Å². The third-order valence-corrected chi connectivity index (χ3v) is 1.94. The highest BCUT2D eigenvalue weighted by Crippen LogP contribution is 2.29. The maximum atomic E-state index is 9.68. The molecule has 0 spiro atoms. The number of aliphatic imine (C=N–C) groups is 1. The summed E-state index contributed by atoms with van der Waals surface area (Å²) in [5.41, 5.74) is 0. The van der Waals surface area contributed by atoms with Crippen molar-refractivity contribution < 1.29 is 9.53 Å². The molecule has 1 fully saturated rings. The van der Waals surface area contributed by atoms with Gasteiger partial charge < -0.3 is 4.74 Å². The molecule has 0 aromatic heterocycles. The molecular formula is C7H11NO2. The Balaban J connectivity index is 2.08. The summed E-state index contributed by atoms with van der Waals surface area (Å²) in [4.78, 5) is 13.2. The Bertz CT molecular complexity index is 146. The van der Waals surface area contributed by atoms with Crippen molar-refractivity contribution in [3.63, 3.8) is 0 Å². The van der Waals surface area contributed by atoms with Crippen molar-refractivity contribution in [2.45, 2.75) is 18.9 Å². The maximum Gasteiger partial charge on any atom is 0.234 e. The Morgan fingerprint density at radius 3 is 2.90 bits per heavy atom. The minimum absolute atomic E-state index is 0.409. The molecule has 1 rings (SSSR count). The second kappa shape index (κ2) is 3.49. The summed E-state index contributed by atoms with van der Waals surface area (Å²) < 4.78 is 5.06. The first kappa shape index (κ1) is 7.45. The van der Waals surface area contributed by atoms with Crippen molar-refractivity contribution in [1.29, 1.82) is 0 Å². The molecule has 0 saturated heterocycles. The van der Waals surface area contributed by atoms with E-state index in [1.54, 1.807) is 7.11 Å². The van der Waals surface area contributed by atoms with Crippen LogP contribution in [0.3, 0.4) is 0 Å². The molecule has 0 aromatic carbocycles. The normalized spacial score (nSPS) is 30.5. The average Bonchev–Trinajstić information content (AvgIpc) is 1.86. The zero-order chi connectivity index (χ0) is 7.40. The van der Waals surface area contributed by atoms with Crippen molar-refractivity contribution in [2.75, 3.05) is 13.7 Å². The number of rotatable bonds is 3. The van der Waals surface area contributed by atoms with Crippen molar-refractivity contribution in [1.82, 2.24) is 0 Å².